The molecule has 0 unspecified atom stereocenters. The number of amides is 2. The van der Waals surface area contributed by atoms with Gasteiger partial charge in [-0.15, -0.1) is 0 Å². The van der Waals surface area contributed by atoms with Crippen LogP contribution < -0.4 is 5.32 Å². The maximum atomic E-state index is 13.2. The van der Waals surface area contributed by atoms with E-state index in [0.717, 1.165) is 12.1 Å². The molecule has 1 atom stereocenters. The van der Waals surface area contributed by atoms with E-state index in [2.05, 4.69) is 5.32 Å². The summed E-state index contributed by atoms with van der Waals surface area (Å²) in [5.74, 6) is -0.325. The highest BCUT2D eigenvalue weighted by atomic mass is 35.5. The van der Waals surface area contributed by atoms with Crippen molar-refractivity contribution in [1.82, 2.24) is 10.2 Å². The molecule has 1 aromatic heterocycles. The Morgan fingerprint density at radius 2 is 2.00 bits per heavy atom. The Labute approximate surface area is 175 Å². The number of furan rings is 1. The molecule has 2 amide bonds. The molecule has 3 rings (SSSR count). The van der Waals surface area contributed by atoms with Crippen LogP contribution in [0, 0.1) is 0 Å². The zero-order chi connectivity index (χ0) is 22.2. The zero-order valence-corrected chi connectivity index (χ0v) is 17.0. The fourth-order valence-corrected chi connectivity index (χ4v) is 3.31. The highest BCUT2D eigenvalue weighted by molar-refractivity contribution is 6.31. The monoisotopic (exact) mass is 442 g/mol. The maximum absolute atomic E-state index is 13.2. The van der Waals surface area contributed by atoms with Gasteiger partial charge in [0, 0.05) is 18.3 Å². The molecule has 0 aliphatic carbocycles. The molecule has 2 heterocycles. The normalized spacial score (nSPS) is 17.2. The molecule has 30 heavy (non-hydrogen) atoms. The summed E-state index contributed by atoms with van der Waals surface area (Å²) in [4.78, 5) is 26.0. The van der Waals surface area contributed by atoms with Gasteiger partial charge in [-0.1, -0.05) is 11.6 Å². The minimum atomic E-state index is -4.62. The van der Waals surface area contributed by atoms with Gasteiger partial charge in [0.25, 0.3) is 0 Å². The van der Waals surface area contributed by atoms with Crippen molar-refractivity contribution in [3.63, 3.8) is 0 Å². The van der Waals surface area contributed by atoms with Crippen molar-refractivity contribution in [2.24, 2.45) is 0 Å². The lowest BCUT2D eigenvalue weighted by atomic mass is 10.00. The summed E-state index contributed by atoms with van der Waals surface area (Å²) in [7, 11) is 1.50. The Morgan fingerprint density at radius 3 is 2.63 bits per heavy atom. The third kappa shape index (κ3) is 4.02. The van der Waals surface area contributed by atoms with E-state index in [0.29, 0.717) is 5.70 Å². The molecular weight excluding hydrogens is 425 g/mol. The van der Waals surface area contributed by atoms with E-state index < -0.39 is 34.8 Å². The molecule has 1 aliphatic heterocycles. The molecule has 160 valence electrons. The van der Waals surface area contributed by atoms with E-state index >= 15 is 0 Å². The number of benzene rings is 1. The summed E-state index contributed by atoms with van der Waals surface area (Å²) in [5, 5.41) is 2.22. The number of alkyl halides is 3. The van der Waals surface area contributed by atoms with Gasteiger partial charge in [0.15, 0.2) is 0 Å². The summed E-state index contributed by atoms with van der Waals surface area (Å²) in [6.45, 7) is 3.38. The minimum absolute atomic E-state index is 0.126. The van der Waals surface area contributed by atoms with Crippen molar-refractivity contribution >= 4 is 23.6 Å². The van der Waals surface area contributed by atoms with Crippen LogP contribution in [0.5, 0.6) is 0 Å². The lowest BCUT2D eigenvalue weighted by Gasteiger charge is -2.31. The average Bonchev–Trinajstić information content (AvgIpc) is 3.15. The fraction of sp³-hybridized carbons (Fsp3) is 0.300. The van der Waals surface area contributed by atoms with Crippen LogP contribution in [-0.4, -0.2) is 30.6 Å². The number of carbonyl (C=O) groups is 2. The van der Waals surface area contributed by atoms with Crippen molar-refractivity contribution < 1.29 is 31.9 Å². The summed E-state index contributed by atoms with van der Waals surface area (Å²) < 4.78 is 50.3. The number of ether oxygens (including phenoxy) is 1. The van der Waals surface area contributed by atoms with Crippen molar-refractivity contribution in [3.8, 4) is 11.3 Å². The maximum Gasteiger partial charge on any atom is 0.417 e. The summed E-state index contributed by atoms with van der Waals surface area (Å²) in [6, 6.07) is 4.94. The molecule has 10 heteroatoms. The van der Waals surface area contributed by atoms with Gasteiger partial charge in [-0.3, -0.25) is 0 Å². The zero-order valence-electron chi connectivity index (χ0n) is 16.3. The van der Waals surface area contributed by atoms with Crippen LogP contribution >= 0.6 is 11.6 Å². The molecule has 0 saturated heterocycles. The summed E-state index contributed by atoms with van der Waals surface area (Å²) >= 11 is 5.66. The van der Waals surface area contributed by atoms with Crippen LogP contribution in [-0.2, 0) is 15.7 Å². The van der Waals surface area contributed by atoms with Crippen LogP contribution in [0.1, 0.15) is 31.2 Å². The van der Waals surface area contributed by atoms with Crippen LogP contribution in [0.2, 0.25) is 5.02 Å². The number of nitrogens with one attached hydrogen (secondary N) is 1. The quantitative estimate of drug-likeness (QED) is 0.664. The Hall–Kier alpha value is -2.94. The lowest BCUT2D eigenvalue weighted by molar-refractivity contribution is -0.139. The lowest BCUT2D eigenvalue weighted by Crippen LogP contribution is -2.46. The molecule has 0 spiro atoms. The Bertz CT molecular complexity index is 1030. The number of rotatable bonds is 4. The molecule has 0 fully saturated rings. The van der Waals surface area contributed by atoms with E-state index in [1.54, 1.807) is 13.8 Å². The van der Waals surface area contributed by atoms with E-state index in [1.807, 2.05) is 0 Å². The van der Waals surface area contributed by atoms with Gasteiger partial charge < -0.3 is 19.4 Å². The molecule has 0 radical (unpaired) electrons. The van der Waals surface area contributed by atoms with E-state index in [9.17, 15) is 22.8 Å². The van der Waals surface area contributed by atoms with Gasteiger partial charge in [-0.25, -0.2) is 9.59 Å². The van der Waals surface area contributed by atoms with Crippen LogP contribution in [0.15, 0.2) is 46.0 Å². The predicted molar refractivity (Wildman–Crippen MR) is 103 cm³/mol. The van der Waals surface area contributed by atoms with Crippen molar-refractivity contribution in [2.45, 2.75) is 26.1 Å². The Balaban J connectivity index is 2.03. The SMILES string of the molecule is CCOC(=O)C1=C(C)N(C)C(=O)N[C@@H]1c1ccc(-c2ccc(Cl)c(C(F)(F)F)c2)o1. The first kappa shape index (κ1) is 21.8. The number of hydrogen-bond acceptors (Lipinski definition) is 4. The summed E-state index contributed by atoms with van der Waals surface area (Å²) in [6.07, 6.45) is -4.62. The molecule has 1 aliphatic rings. The van der Waals surface area contributed by atoms with Gasteiger partial charge in [0.2, 0.25) is 0 Å². The van der Waals surface area contributed by atoms with Crippen molar-refractivity contribution in [3.05, 3.63) is 57.9 Å². The Morgan fingerprint density at radius 1 is 1.30 bits per heavy atom. The second kappa shape index (κ2) is 8.06. The van der Waals surface area contributed by atoms with Gasteiger partial charge in [0.05, 0.1) is 22.8 Å². The van der Waals surface area contributed by atoms with Crippen LogP contribution in [0.25, 0.3) is 11.3 Å². The molecule has 0 saturated carbocycles. The topological polar surface area (TPSA) is 71.8 Å². The molecule has 1 N–H and O–H groups in total. The highest BCUT2D eigenvalue weighted by Gasteiger charge is 2.37. The van der Waals surface area contributed by atoms with E-state index in [-0.39, 0.29) is 29.3 Å². The predicted octanol–water partition coefficient (Wildman–Crippen LogP) is 5.15. The number of halogens is 4. The van der Waals surface area contributed by atoms with Crippen molar-refractivity contribution in [1.29, 1.82) is 0 Å². The number of allylic oxidation sites excluding steroid dienone is 1. The van der Waals surface area contributed by atoms with Gasteiger partial charge >= 0.3 is 18.2 Å². The van der Waals surface area contributed by atoms with E-state index in [4.69, 9.17) is 20.8 Å². The third-order valence-corrected chi connectivity index (χ3v) is 5.05. The first-order chi connectivity index (χ1) is 14.0. The van der Waals surface area contributed by atoms with Crippen LogP contribution in [0.4, 0.5) is 18.0 Å². The largest absolute Gasteiger partial charge is 0.463 e. The highest BCUT2D eigenvalue weighted by Crippen LogP contribution is 2.39. The van der Waals surface area contributed by atoms with Gasteiger partial charge in [-0.2, -0.15) is 13.2 Å². The number of esters is 1. The number of carbonyl (C=O) groups excluding carboxylic acids is 2. The first-order valence-electron chi connectivity index (χ1n) is 8.93. The summed E-state index contributed by atoms with van der Waals surface area (Å²) in [5.41, 5.74) is -0.288. The molecule has 0 bridgehead atoms. The molecule has 1 aromatic carbocycles. The number of nitrogens with zero attached hydrogens (tertiary/aromatic N) is 1. The number of urea groups is 1. The van der Waals surface area contributed by atoms with E-state index in [1.165, 1.54) is 30.1 Å². The second-order valence-electron chi connectivity index (χ2n) is 6.56. The van der Waals surface area contributed by atoms with Gasteiger partial charge in [0.1, 0.15) is 17.6 Å². The average molecular weight is 443 g/mol. The standard InChI is InChI=1S/C20H18ClF3N2O4/c1-4-29-18(27)16-10(2)26(3)19(28)25-17(16)15-8-7-14(30-15)11-5-6-13(21)12(9-11)20(22,23)24/h5-9,17H,4H2,1-3H3,(H,25,28)/t17-/m1/s1. The molecule has 6 nitrogen and oxygen atoms in total. The minimum Gasteiger partial charge on any atom is -0.463 e. The number of hydrogen-bond donors (Lipinski definition) is 1. The smallest absolute Gasteiger partial charge is 0.417 e. The molecule has 2 aromatic rings. The van der Waals surface area contributed by atoms with Crippen molar-refractivity contribution in [2.75, 3.05) is 13.7 Å². The molecular formula is C20H18ClF3N2O4. The second-order valence-corrected chi connectivity index (χ2v) is 6.96. The fourth-order valence-electron chi connectivity index (χ4n) is 3.08. The van der Waals surface area contributed by atoms with Gasteiger partial charge in [-0.05, 0) is 44.2 Å². The Kier molecular flexibility index (Phi) is 5.85. The van der Waals surface area contributed by atoms with Crippen LogP contribution in [0.3, 0.4) is 0 Å². The first-order valence-corrected chi connectivity index (χ1v) is 9.31. The third-order valence-electron chi connectivity index (χ3n) is 4.72.